The van der Waals surface area contributed by atoms with Crippen molar-refractivity contribution in [1.29, 1.82) is 0 Å². The van der Waals surface area contributed by atoms with Gasteiger partial charge in [0.25, 0.3) is 0 Å². The number of carbonyl (C=O) groups excluding carboxylic acids is 1. The van der Waals surface area contributed by atoms with Crippen molar-refractivity contribution >= 4 is 27.7 Å². The van der Waals surface area contributed by atoms with Crippen LogP contribution in [0.5, 0.6) is 0 Å². The third-order valence-corrected chi connectivity index (χ3v) is 4.45. The zero-order valence-electron chi connectivity index (χ0n) is 9.21. The molecule has 0 radical (unpaired) electrons. The molecule has 0 amide bonds. The van der Waals surface area contributed by atoms with Crippen molar-refractivity contribution in [2.75, 3.05) is 0 Å². The highest BCUT2D eigenvalue weighted by Gasteiger charge is 2.17. The minimum absolute atomic E-state index is 0.0921. The Bertz CT molecular complexity index is 676. The smallest absolute Gasteiger partial charge is 0.206 e. The van der Waals surface area contributed by atoms with Crippen molar-refractivity contribution in [3.8, 4) is 0 Å². The summed E-state index contributed by atoms with van der Waals surface area (Å²) in [5.41, 5.74) is 0.324. The van der Waals surface area contributed by atoms with E-state index in [9.17, 15) is 13.2 Å². The number of carbonyl (C=O) groups is 1. The predicted octanol–water partition coefficient (Wildman–Crippen LogP) is 2.99. The van der Waals surface area contributed by atoms with E-state index in [4.69, 9.17) is 11.6 Å². The maximum Gasteiger partial charge on any atom is 0.206 e. The van der Waals surface area contributed by atoms with Gasteiger partial charge in [-0.15, -0.1) is 0 Å². The minimum atomic E-state index is -3.61. The van der Waals surface area contributed by atoms with E-state index in [0.29, 0.717) is 16.9 Å². The molecule has 0 unspecified atom stereocenters. The zero-order chi connectivity index (χ0) is 13.2. The number of hydrogen-bond donors (Lipinski definition) is 0. The zero-order valence-corrected chi connectivity index (χ0v) is 10.8. The molecular formula is C13H9ClO3S. The molecule has 2 aromatic rings. The average Bonchev–Trinajstić information content (AvgIpc) is 2.39. The van der Waals surface area contributed by atoms with E-state index in [-0.39, 0.29) is 9.79 Å². The van der Waals surface area contributed by atoms with E-state index >= 15 is 0 Å². The molecule has 2 aromatic carbocycles. The van der Waals surface area contributed by atoms with Crippen LogP contribution in [0.4, 0.5) is 0 Å². The van der Waals surface area contributed by atoms with E-state index < -0.39 is 9.84 Å². The Morgan fingerprint density at radius 1 is 0.944 bits per heavy atom. The number of sulfone groups is 1. The number of benzene rings is 2. The predicted molar refractivity (Wildman–Crippen MR) is 68.7 cm³/mol. The molecule has 0 aliphatic carbocycles. The van der Waals surface area contributed by atoms with E-state index in [2.05, 4.69) is 0 Å². The first-order valence-electron chi connectivity index (χ1n) is 5.10. The van der Waals surface area contributed by atoms with E-state index in [0.717, 1.165) is 0 Å². The summed E-state index contributed by atoms with van der Waals surface area (Å²) in [5.74, 6) is 0. The lowest BCUT2D eigenvalue weighted by Gasteiger charge is -2.05. The highest BCUT2D eigenvalue weighted by molar-refractivity contribution is 7.91. The van der Waals surface area contributed by atoms with Gasteiger partial charge in [0, 0.05) is 10.6 Å². The van der Waals surface area contributed by atoms with Crippen LogP contribution in [0.2, 0.25) is 5.02 Å². The van der Waals surface area contributed by atoms with Crippen molar-refractivity contribution in [3.05, 3.63) is 59.1 Å². The van der Waals surface area contributed by atoms with Crippen molar-refractivity contribution < 1.29 is 13.2 Å². The van der Waals surface area contributed by atoms with Crippen molar-refractivity contribution in [1.82, 2.24) is 0 Å². The van der Waals surface area contributed by atoms with Crippen molar-refractivity contribution in [2.45, 2.75) is 9.79 Å². The Kier molecular flexibility index (Phi) is 3.50. The topological polar surface area (TPSA) is 51.2 Å². The standard InChI is InChI=1S/C13H9ClO3S/c14-11-4-6-12(7-5-11)18(16,17)13-3-1-2-10(8-13)9-15/h1-9H. The molecule has 5 heteroatoms. The van der Waals surface area contributed by atoms with Crippen LogP contribution in [0.3, 0.4) is 0 Å². The first kappa shape index (κ1) is 12.8. The Balaban J connectivity index is 2.54. The van der Waals surface area contributed by atoms with E-state index in [1.165, 1.54) is 42.5 Å². The summed E-state index contributed by atoms with van der Waals surface area (Å²) in [5, 5.41) is 0.468. The maximum absolute atomic E-state index is 12.3. The van der Waals surface area contributed by atoms with Crippen LogP contribution in [0.1, 0.15) is 10.4 Å². The summed E-state index contributed by atoms with van der Waals surface area (Å²) < 4.78 is 24.5. The number of hydrogen-bond acceptors (Lipinski definition) is 3. The normalized spacial score (nSPS) is 11.2. The number of aldehydes is 1. The molecule has 0 saturated carbocycles. The molecule has 0 spiro atoms. The second-order valence-corrected chi connectivity index (χ2v) is 6.03. The summed E-state index contributed by atoms with van der Waals surface area (Å²) >= 11 is 5.71. The molecule has 0 aliphatic heterocycles. The Hall–Kier alpha value is -1.65. The molecule has 0 bridgehead atoms. The van der Waals surface area contributed by atoms with Crippen molar-refractivity contribution in [3.63, 3.8) is 0 Å². The van der Waals surface area contributed by atoms with E-state index in [1.54, 1.807) is 6.07 Å². The third kappa shape index (κ3) is 2.44. The van der Waals surface area contributed by atoms with Crippen LogP contribution >= 0.6 is 11.6 Å². The SMILES string of the molecule is O=Cc1cccc(S(=O)(=O)c2ccc(Cl)cc2)c1. The second-order valence-electron chi connectivity index (χ2n) is 3.65. The lowest BCUT2D eigenvalue weighted by molar-refractivity contribution is 0.112. The number of rotatable bonds is 3. The average molecular weight is 281 g/mol. The van der Waals surface area contributed by atoms with Crippen LogP contribution in [-0.4, -0.2) is 14.7 Å². The van der Waals surface area contributed by atoms with E-state index in [1.807, 2.05) is 0 Å². The first-order chi connectivity index (χ1) is 8.54. The van der Waals surface area contributed by atoms with Crippen LogP contribution in [0.15, 0.2) is 58.3 Å². The lowest BCUT2D eigenvalue weighted by atomic mass is 10.2. The van der Waals surface area contributed by atoms with Gasteiger partial charge in [0.2, 0.25) is 9.84 Å². The Labute approximate surface area is 110 Å². The second kappa shape index (κ2) is 4.92. The quantitative estimate of drug-likeness (QED) is 0.812. The molecular weight excluding hydrogens is 272 g/mol. The highest BCUT2D eigenvalue weighted by Crippen LogP contribution is 2.22. The van der Waals surface area contributed by atoms with Crippen molar-refractivity contribution in [2.24, 2.45) is 0 Å². The lowest BCUT2D eigenvalue weighted by Crippen LogP contribution is -2.02. The maximum atomic E-state index is 12.3. The fourth-order valence-electron chi connectivity index (χ4n) is 1.50. The van der Waals surface area contributed by atoms with Gasteiger partial charge in [-0.3, -0.25) is 4.79 Å². The minimum Gasteiger partial charge on any atom is -0.298 e. The van der Waals surface area contributed by atoms with Crippen LogP contribution in [-0.2, 0) is 9.84 Å². The van der Waals surface area contributed by atoms with Gasteiger partial charge in [0.05, 0.1) is 9.79 Å². The molecule has 18 heavy (non-hydrogen) atoms. The van der Waals surface area contributed by atoms with Gasteiger partial charge < -0.3 is 0 Å². The summed E-state index contributed by atoms with van der Waals surface area (Å²) in [7, 11) is -3.61. The molecule has 0 aromatic heterocycles. The molecule has 0 atom stereocenters. The fourth-order valence-corrected chi connectivity index (χ4v) is 2.95. The van der Waals surface area contributed by atoms with Gasteiger partial charge in [-0.25, -0.2) is 8.42 Å². The summed E-state index contributed by atoms with van der Waals surface area (Å²) in [6.07, 6.45) is 0.612. The van der Waals surface area contributed by atoms with Gasteiger partial charge in [-0.2, -0.15) is 0 Å². The molecule has 92 valence electrons. The molecule has 2 rings (SSSR count). The van der Waals surface area contributed by atoms with Gasteiger partial charge >= 0.3 is 0 Å². The van der Waals surface area contributed by atoms with Gasteiger partial charge in [-0.05, 0) is 36.4 Å². The fraction of sp³-hybridized carbons (Fsp3) is 0. The molecule has 0 fully saturated rings. The third-order valence-electron chi connectivity index (χ3n) is 2.43. The van der Waals surface area contributed by atoms with Gasteiger partial charge in [0.1, 0.15) is 6.29 Å². The number of halogens is 1. The Morgan fingerprint density at radius 3 is 2.22 bits per heavy atom. The molecule has 0 saturated heterocycles. The molecule has 3 nitrogen and oxygen atoms in total. The largest absolute Gasteiger partial charge is 0.298 e. The molecule has 0 N–H and O–H groups in total. The van der Waals surface area contributed by atoms with Crippen LogP contribution in [0.25, 0.3) is 0 Å². The molecule has 0 aliphatic rings. The van der Waals surface area contributed by atoms with Crippen LogP contribution in [0, 0.1) is 0 Å². The summed E-state index contributed by atoms with van der Waals surface area (Å²) in [6, 6.07) is 11.8. The summed E-state index contributed by atoms with van der Waals surface area (Å²) in [4.78, 5) is 10.9. The Morgan fingerprint density at radius 2 is 1.61 bits per heavy atom. The first-order valence-corrected chi connectivity index (χ1v) is 6.96. The summed E-state index contributed by atoms with van der Waals surface area (Å²) in [6.45, 7) is 0. The monoisotopic (exact) mass is 280 g/mol. The van der Waals surface area contributed by atoms with Gasteiger partial charge in [-0.1, -0.05) is 23.7 Å². The highest BCUT2D eigenvalue weighted by atomic mass is 35.5. The van der Waals surface area contributed by atoms with Crippen LogP contribution < -0.4 is 0 Å². The van der Waals surface area contributed by atoms with Gasteiger partial charge in [0.15, 0.2) is 0 Å². The molecule has 0 heterocycles.